The molecule has 1 saturated heterocycles. The lowest BCUT2D eigenvalue weighted by molar-refractivity contribution is 0.0465. The van der Waals surface area contributed by atoms with Crippen LogP contribution in [-0.2, 0) is 0 Å². The number of β-amino-alcohol motifs (C(OH)–C–C–N with tert-alkyl or cyclic N) is 1. The Bertz CT molecular complexity index is 168. The Morgan fingerprint density at radius 3 is 2.47 bits per heavy atom. The van der Waals surface area contributed by atoms with Gasteiger partial charge >= 0.3 is 0 Å². The molecule has 1 heterocycles. The fourth-order valence-corrected chi connectivity index (χ4v) is 1.90. The number of likely N-dealkylation sites (tertiary alicyclic amines) is 1. The molecule has 0 aromatic rings. The maximum Gasteiger partial charge on any atom is 0.0679 e. The molecular formula is C11H24N2O2. The first-order valence-corrected chi connectivity index (χ1v) is 5.81. The fourth-order valence-electron chi connectivity index (χ4n) is 1.90. The Morgan fingerprint density at radius 2 is 1.93 bits per heavy atom. The minimum Gasteiger partial charge on any atom is -0.393 e. The maximum atomic E-state index is 9.79. The second-order valence-corrected chi connectivity index (χ2v) is 4.78. The van der Waals surface area contributed by atoms with Crippen LogP contribution in [0.2, 0.25) is 0 Å². The Morgan fingerprint density at radius 1 is 1.33 bits per heavy atom. The first-order chi connectivity index (χ1) is 7.08. The van der Waals surface area contributed by atoms with Crippen molar-refractivity contribution in [1.82, 2.24) is 9.80 Å². The zero-order chi connectivity index (χ0) is 11.3. The number of piperidine rings is 1. The van der Waals surface area contributed by atoms with Crippen molar-refractivity contribution in [3.05, 3.63) is 0 Å². The average molecular weight is 216 g/mol. The van der Waals surface area contributed by atoms with Crippen LogP contribution < -0.4 is 0 Å². The molecule has 2 N–H and O–H groups in total. The zero-order valence-corrected chi connectivity index (χ0v) is 9.89. The highest BCUT2D eigenvalue weighted by Gasteiger charge is 2.18. The molecule has 0 aromatic heterocycles. The van der Waals surface area contributed by atoms with Crippen LogP contribution in [-0.4, -0.2) is 72.5 Å². The van der Waals surface area contributed by atoms with E-state index in [9.17, 15) is 10.2 Å². The average Bonchev–Trinajstić information content (AvgIpc) is 2.19. The van der Waals surface area contributed by atoms with Crippen molar-refractivity contribution in [2.75, 3.05) is 40.3 Å². The number of hydrogen-bond acceptors (Lipinski definition) is 4. The van der Waals surface area contributed by atoms with E-state index < -0.39 is 0 Å². The van der Waals surface area contributed by atoms with Crippen molar-refractivity contribution in [2.45, 2.75) is 31.5 Å². The van der Waals surface area contributed by atoms with Crippen LogP contribution in [0.25, 0.3) is 0 Å². The molecule has 1 fully saturated rings. The van der Waals surface area contributed by atoms with E-state index >= 15 is 0 Å². The van der Waals surface area contributed by atoms with Crippen LogP contribution in [0.4, 0.5) is 0 Å². The van der Waals surface area contributed by atoms with Gasteiger partial charge in [0.1, 0.15) is 0 Å². The van der Waals surface area contributed by atoms with Gasteiger partial charge in [0.15, 0.2) is 0 Å². The van der Waals surface area contributed by atoms with Crippen molar-refractivity contribution in [1.29, 1.82) is 0 Å². The Labute approximate surface area is 92.5 Å². The SMILES string of the molecule is CN(C)CCC(O)CN1CCC(O)CC1. The highest BCUT2D eigenvalue weighted by Crippen LogP contribution is 2.10. The lowest BCUT2D eigenvalue weighted by Crippen LogP contribution is -2.40. The van der Waals surface area contributed by atoms with E-state index in [1.54, 1.807) is 0 Å². The molecule has 0 bridgehead atoms. The van der Waals surface area contributed by atoms with E-state index in [0.717, 1.165) is 45.4 Å². The Hall–Kier alpha value is -0.160. The Balaban J connectivity index is 2.12. The fraction of sp³-hybridized carbons (Fsp3) is 1.00. The highest BCUT2D eigenvalue weighted by molar-refractivity contribution is 4.73. The molecule has 90 valence electrons. The van der Waals surface area contributed by atoms with Gasteiger partial charge in [-0.3, -0.25) is 0 Å². The minimum absolute atomic E-state index is 0.125. The summed E-state index contributed by atoms with van der Waals surface area (Å²) >= 11 is 0. The molecule has 0 amide bonds. The van der Waals surface area contributed by atoms with Gasteiger partial charge in [-0.05, 0) is 33.4 Å². The number of hydrogen-bond donors (Lipinski definition) is 2. The quantitative estimate of drug-likeness (QED) is 0.665. The molecule has 4 heteroatoms. The summed E-state index contributed by atoms with van der Waals surface area (Å²) in [6.07, 6.45) is 2.16. The van der Waals surface area contributed by atoms with Crippen LogP contribution >= 0.6 is 0 Å². The summed E-state index contributed by atoms with van der Waals surface area (Å²) in [6.45, 7) is 3.51. The van der Waals surface area contributed by atoms with E-state index in [1.807, 2.05) is 14.1 Å². The molecule has 4 nitrogen and oxygen atoms in total. The van der Waals surface area contributed by atoms with Gasteiger partial charge in [0, 0.05) is 26.2 Å². The first-order valence-electron chi connectivity index (χ1n) is 5.81. The van der Waals surface area contributed by atoms with Gasteiger partial charge in [-0.1, -0.05) is 0 Å². The van der Waals surface area contributed by atoms with Crippen LogP contribution in [0, 0.1) is 0 Å². The summed E-state index contributed by atoms with van der Waals surface area (Å²) in [5, 5.41) is 19.1. The molecule has 1 atom stereocenters. The molecule has 1 rings (SSSR count). The first kappa shape index (κ1) is 12.9. The molecule has 0 radical (unpaired) electrons. The molecule has 0 aliphatic carbocycles. The topological polar surface area (TPSA) is 46.9 Å². The minimum atomic E-state index is -0.234. The van der Waals surface area contributed by atoms with E-state index in [0.29, 0.717) is 0 Å². The summed E-state index contributed by atoms with van der Waals surface area (Å²) in [7, 11) is 4.04. The van der Waals surface area contributed by atoms with E-state index in [-0.39, 0.29) is 12.2 Å². The second kappa shape index (κ2) is 6.43. The normalized spacial score (nSPS) is 22.2. The third kappa shape index (κ3) is 5.47. The van der Waals surface area contributed by atoms with E-state index in [4.69, 9.17) is 0 Å². The van der Waals surface area contributed by atoms with Gasteiger partial charge in [-0.15, -0.1) is 0 Å². The molecule has 0 aromatic carbocycles. The lowest BCUT2D eigenvalue weighted by Gasteiger charge is -2.31. The number of aliphatic hydroxyl groups excluding tert-OH is 2. The van der Waals surface area contributed by atoms with Crippen molar-refractivity contribution in [3.63, 3.8) is 0 Å². The van der Waals surface area contributed by atoms with Gasteiger partial charge < -0.3 is 20.0 Å². The predicted molar refractivity (Wildman–Crippen MR) is 60.9 cm³/mol. The zero-order valence-electron chi connectivity index (χ0n) is 9.89. The number of aliphatic hydroxyl groups is 2. The van der Waals surface area contributed by atoms with Gasteiger partial charge in [0.2, 0.25) is 0 Å². The summed E-state index contributed by atoms with van der Waals surface area (Å²) in [5.41, 5.74) is 0. The second-order valence-electron chi connectivity index (χ2n) is 4.78. The van der Waals surface area contributed by atoms with Crippen LogP contribution in [0.15, 0.2) is 0 Å². The van der Waals surface area contributed by atoms with Crippen molar-refractivity contribution in [2.24, 2.45) is 0 Å². The Kier molecular flexibility index (Phi) is 5.53. The molecule has 0 saturated carbocycles. The summed E-state index contributed by atoms with van der Waals surface area (Å²) in [5.74, 6) is 0. The van der Waals surface area contributed by atoms with E-state index in [2.05, 4.69) is 9.80 Å². The molecule has 1 aliphatic heterocycles. The van der Waals surface area contributed by atoms with Crippen LogP contribution in [0.1, 0.15) is 19.3 Å². The molecule has 1 aliphatic rings. The molecule has 1 unspecified atom stereocenters. The lowest BCUT2D eigenvalue weighted by atomic mass is 10.1. The molecule has 15 heavy (non-hydrogen) atoms. The van der Waals surface area contributed by atoms with Gasteiger partial charge in [-0.2, -0.15) is 0 Å². The number of nitrogens with zero attached hydrogens (tertiary/aromatic N) is 2. The third-order valence-electron chi connectivity index (χ3n) is 2.94. The van der Waals surface area contributed by atoms with Crippen molar-refractivity contribution >= 4 is 0 Å². The predicted octanol–water partition coefficient (Wildman–Crippen LogP) is -0.244. The summed E-state index contributed by atoms with van der Waals surface area (Å²) in [6, 6.07) is 0. The molecular weight excluding hydrogens is 192 g/mol. The van der Waals surface area contributed by atoms with Gasteiger partial charge in [-0.25, -0.2) is 0 Å². The highest BCUT2D eigenvalue weighted by atomic mass is 16.3. The van der Waals surface area contributed by atoms with Crippen LogP contribution in [0.5, 0.6) is 0 Å². The summed E-state index contributed by atoms with van der Waals surface area (Å²) < 4.78 is 0. The van der Waals surface area contributed by atoms with E-state index in [1.165, 1.54) is 0 Å². The standard InChI is InChI=1S/C11H24N2O2/c1-12(2)6-3-11(15)9-13-7-4-10(14)5-8-13/h10-11,14-15H,3-9H2,1-2H3. The maximum absolute atomic E-state index is 9.79. The smallest absolute Gasteiger partial charge is 0.0679 e. The van der Waals surface area contributed by atoms with Gasteiger partial charge in [0.05, 0.1) is 12.2 Å². The van der Waals surface area contributed by atoms with Gasteiger partial charge in [0.25, 0.3) is 0 Å². The number of rotatable bonds is 5. The monoisotopic (exact) mass is 216 g/mol. The van der Waals surface area contributed by atoms with Crippen molar-refractivity contribution < 1.29 is 10.2 Å². The largest absolute Gasteiger partial charge is 0.393 e. The molecule has 0 spiro atoms. The third-order valence-corrected chi connectivity index (χ3v) is 2.94. The summed E-state index contributed by atoms with van der Waals surface area (Å²) in [4.78, 5) is 4.33. The van der Waals surface area contributed by atoms with Crippen LogP contribution in [0.3, 0.4) is 0 Å². The van der Waals surface area contributed by atoms with Crippen molar-refractivity contribution in [3.8, 4) is 0 Å².